The lowest BCUT2D eigenvalue weighted by Crippen LogP contribution is -2.08. The molecule has 1 unspecified atom stereocenters. The molecule has 0 radical (unpaired) electrons. The predicted molar refractivity (Wildman–Crippen MR) is 51.5 cm³/mol. The zero-order chi connectivity index (χ0) is 11.4. The van der Waals surface area contributed by atoms with Gasteiger partial charge in [-0.05, 0) is 36.1 Å². The topological polar surface area (TPSA) is 37.3 Å². The van der Waals surface area contributed by atoms with Crippen molar-refractivity contribution in [3.8, 4) is 0 Å². The summed E-state index contributed by atoms with van der Waals surface area (Å²) in [6.07, 6.45) is 0.186. The maximum Gasteiger partial charge on any atom is 0.303 e. The fraction of sp³-hybridized carbons (Fsp3) is 0.364. The molecule has 1 aromatic carbocycles. The van der Waals surface area contributed by atoms with Crippen molar-refractivity contribution in [2.24, 2.45) is 5.92 Å². The van der Waals surface area contributed by atoms with E-state index >= 15 is 0 Å². The minimum absolute atomic E-state index is 0.0457. The summed E-state index contributed by atoms with van der Waals surface area (Å²) in [6.45, 7) is 1.69. The molecule has 0 bridgehead atoms. The molecule has 1 atom stereocenters. The Balaban J connectivity index is 2.71. The number of carboxylic acids is 1. The maximum atomic E-state index is 13.2. The molecular weight excluding hydrogens is 202 g/mol. The number of aliphatic carboxylic acids is 1. The minimum Gasteiger partial charge on any atom is -0.481 e. The van der Waals surface area contributed by atoms with Gasteiger partial charge in [0.1, 0.15) is 11.6 Å². The monoisotopic (exact) mass is 214 g/mol. The van der Waals surface area contributed by atoms with Crippen molar-refractivity contribution in [1.29, 1.82) is 0 Å². The number of carboxylic acid groups (broad SMARTS) is 1. The van der Waals surface area contributed by atoms with Gasteiger partial charge in [0.15, 0.2) is 0 Å². The molecule has 0 aliphatic rings. The second-order valence-corrected chi connectivity index (χ2v) is 3.64. The highest BCUT2D eigenvalue weighted by Gasteiger charge is 2.11. The third-order valence-electron chi connectivity index (χ3n) is 2.10. The highest BCUT2D eigenvalue weighted by molar-refractivity contribution is 5.67. The number of benzene rings is 1. The van der Waals surface area contributed by atoms with Crippen molar-refractivity contribution in [3.05, 3.63) is 35.4 Å². The van der Waals surface area contributed by atoms with E-state index in [4.69, 9.17) is 5.11 Å². The van der Waals surface area contributed by atoms with Gasteiger partial charge in [-0.25, -0.2) is 8.78 Å². The number of carbonyl (C=O) groups is 1. The first-order valence-electron chi connectivity index (χ1n) is 4.64. The Bertz CT molecular complexity index is 364. The SMILES string of the molecule is CC(CC(=O)O)Cc1cc(F)ccc1F. The quantitative estimate of drug-likeness (QED) is 0.836. The van der Waals surface area contributed by atoms with E-state index < -0.39 is 17.6 Å². The Labute approximate surface area is 86.5 Å². The van der Waals surface area contributed by atoms with Crippen LogP contribution in [0.5, 0.6) is 0 Å². The molecule has 4 heteroatoms. The van der Waals surface area contributed by atoms with E-state index in [0.717, 1.165) is 18.2 Å². The normalized spacial score (nSPS) is 12.5. The fourth-order valence-electron chi connectivity index (χ4n) is 1.45. The molecule has 0 aliphatic carbocycles. The fourth-order valence-corrected chi connectivity index (χ4v) is 1.45. The number of hydrogen-bond donors (Lipinski definition) is 1. The van der Waals surface area contributed by atoms with E-state index in [1.165, 1.54) is 0 Å². The first kappa shape index (κ1) is 11.6. The second-order valence-electron chi connectivity index (χ2n) is 3.64. The maximum absolute atomic E-state index is 13.2. The lowest BCUT2D eigenvalue weighted by atomic mass is 9.98. The van der Waals surface area contributed by atoms with Crippen LogP contribution >= 0.6 is 0 Å². The third kappa shape index (κ3) is 3.65. The van der Waals surface area contributed by atoms with Crippen LogP contribution in [-0.4, -0.2) is 11.1 Å². The van der Waals surface area contributed by atoms with Gasteiger partial charge < -0.3 is 5.11 Å². The average molecular weight is 214 g/mol. The standard InChI is InChI=1S/C11H12F2O2/c1-7(5-11(14)15)4-8-6-9(12)2-3-10(8)13/h2-3,6-7H,4-5H2,1H3,(H,14,15). The van der Waals surface area contributed by atoms with E-state index in [2.05, 4.69) is 0 Å². The Hall–Kier alpha value is -1.45. The molecule has 0 saturated carbocycles. The molecule has 2 nitrogen and oxygen atoms in total. The van der Waals surface area contributed by atoms with E-state index in [0.29, 0.717) is 0 Å². The number of halogens is 2. The summed E-state index contributed by atoms with van der Waals surface area (Å²) in [7, 11) is 0. The van der Waals surface area contributed by atoms with E-state index in [-0.39, 0.29) is 24.3 Å². The first-order valence-corrected chi connectivity index (χ1v) is 4.64. The molecule has 82 valence electrons. The molecule has 0 heterocycles. The summed E-state index contributed by atoms with van der Waals surface area (Å²) in [5.41, 5.74) is 0.226. The van der Waals surface area contributed by atoms with Gasteiger partial charge in [-0.3, -0.25) is 4.79 Å². The van der Waals surface area contributed by atoms with Crippen molar-refractivity contribution in [2.75, 3.05) is 0 Å². The molecular formula is C11H12F2O2. The molecule has 0 amide bonds. The summed E-state index contributed by atoms with van der Waals surface area (Å²) >= 11 is 0. The summed E-state index contributed by atoms with van der Waals surface area (Å²) in [4.78, 5) is 10.4. The highest BCUT2D eigenvalue weighted by atomic mass is 19.1. The molecule has 0 fully saturated rings. The van der Waals surface area contributed by atoms with Crippen LogP contribution in [0.2, 0.25) is 0 Å². The number of rotatable bonds is 4. The average Bonchev–Trinajstić information content (AvgIpc) is 2.10. The van der Waals surface area contributed by atoms with Gasteiger partial charge in [-0.2, -0.15) is 0 Å². The van der Waals surface area contributed by atoms with Crippen molar-refractivity contribution in [1.82, 2.24) is 0 Å². The molecule has 15 heavy (non-hydrogen) atoms. The smallest absolute Gasteiger partial charge is 0.303 e. The summed E-state index contributed by atoms with van der Waals surface area (Å²) < 4.78 is 25.9. The zero-order valence-electron chi connectivity index (χ0n) is 8.34. The van der Waals surface area contributed by atoms with Crippen molar-refractivity contribution >= 4 is 5.97 Å². The molecule has 1 N–H and O–H groups in total. The van der Waals surface area contributed by atoms with Gasteiger partial charge >= 0.3 is 5.97 Å². The lowest BCUT2D eigenvalue weighted by molar-refractivity contribution is -0.137. The molecule has 1 aromatic rings. The van der Waals surface area contributed by atoms with E-state index in [1.54, 1.807) is 6.92 Å². The lowest BCUT2D eigenvalue weighted by Gasteiger charge is -2.09. The molecule has 1 rings (SSSR count). The van der Waals surface area contributed by atoms with Crippen molar-refractivity contribution < 1.29 is 18.7 Å². The second kappa shape index (κ2) is 4.87. The van der Waals surface area contributed by atoms with Crippen LogP contribution in [-0.2, 0) is 11.2 Å². The third-order valence-corrected chi connectivity index (χ3v) is 2.10. The molecule has 0 aliphatic heterocycles. The van der Waals surface area contributed by atoms with Crippen LogP contribution in [0.15, 0.2) is 18.2 Å². The highest BCUT2D eigenvalue weighted by Crippen LogP contribution is 2.16. The zero-order valence-corrected chi connectivity index (χ0v) is 8.34. The van der Waals surface area contributed by atoms with Gasteiger partial charge in [0.05, 0.1) is 0 Å². The Morgan fingerprint density at radius 3 is 2.73 bits per heavy atom. The largest absolute Gasteiger partial charge is 0.481 e. The predicted octanol–water partition coefficient (Wildman–Crippen LogP) is 2.62. The summed E-state index contributed by atoms with van der Waals surface area (Å²) in [5, 5.41) is 8.52. The van der Waals surface area contributed by atoms with Crippen LogP contribution in [0.1, 0.15) is 18.9 Å². The first-order chi connectivity index (χ1) is 6.99. The molecule has 0 aromatic heterocycles. The summed E-state index contributed by atoms with van der Waals surface area (Å²) in [6, 6.07) is 3.20. The number of hydrogen-bond acceptors (Lipinski definition) is 1. The van der Waals surface area contributed by atoms with Crippen LogP contribution in [0.3, 0.4) is 0 Å². The van der Waals surface area contributed by atoms with Gasteiger partial charge in [0.2, 0.25) is 0 Å². The molecule has 0 saturated heterocycles. The van der Waals surface area contributed by atoms with E-state index in [9.17, 15) is 13.6 Å². The van der Waals surface area contributed by atoms with Crippen LogP contribution in [0, 0.1) is 17.6 Å². The van der Waals surface area contributed by atoms with Gasteiger partial charge in [0, 0.05) is 6.42 Å². The Morgan fingerprint density at radius 2 is 2.13 bits per heavy atom. The van der Waals surface area contributed by atoms with Gasteiger partial charge in [-0.1, -0.05) is 6.92 Å². The van der Waals surface area contributed by atoms with Crippen molar-refractivity contribution in [2.45, 2.75) is 19.8 Å². The Morgan fingerprint density at radius 1 is 1.47 bits per heavy atom. The van der Waals surface area contributed by atoms with E-state index in [1.807, 2.05) is 0 Å². The molecule has 0 spiro atoms. The van der Waals surface area contributed by atoms with Gasteiger partial charge in [0.25, 0.3) is 0 Å². The Kier molecular flexibility index (Phi) is 3.77. The van der Waals surface area contributed by atoms with Crippen molar-refractivity contribution in [3.63, 3.8) is 0 Å². The minimum atomic E-state index is -0.931. The van der Waals surface area contributed by atoms with Gasteiger partial charge in [-0.15, -0.1) is 0 Å². The summed E-state index contributed by atoms with van der Waals surface area (Å²) in [5.74, 6) is -2.14. The van der Waals surface area contributed by atoms with Crippen LogP contribution in [0.25, 0.3) is 0 Å². The van der Waals surface area contributed by atoms with Crippen LogP contribution < -0.4 is 0 Å². The van der Waals surface area contributed by atoms with Crippen LogP contribution in [0.4, 0.5) is 8.78 Å².